The normalized spacial score (nSPS) is 10.3. The molecule has 0 aliphatic heterocycles. The molecule has 0 aliphatic rings. The SMILES string of the molecule is Cc1cncc(-c2cc(C)ccc2N)c1. The Bertz CT molecular complexity index is 490. The van der Waals surface area contributed by atoms with Crippen molar-refractivity contribution < 1.29 is 0 Å². The summed E-state index contributed by atoms with van der Waals surface area (Å²) < 4.78 is 0. The highest BCUT2D eigenvalue weighted by molar-refractivity contribution is 5.76. The van der Waals surface area contributed by atoms with Crippen molar-refractivity contribution >= 4 is 5.69 Å². The molecule has 1 heterocycles. The standard InChI is InChI=1S/C13H14N2/c1-9-3-4-13(14)12(6-9)11-5-10(2)7-15-8-11/h3-8H,14H2,1-2H3. The van der Waals surface area contributed by atoms with E-state index in [1.54, 1.807) is 0 Å². The third-order valence-electron chi connectivity index (χ3n) is 2.39. The average molecular weight is 198 g/mol. The summed E-state index contributed by atoms with van der Waals surface area (Å²) in [6.07, 6.45) is 3.69. The number of nitrogen functional groups attached to an aromatic ring is 1. The fraction of sp³-hybridized carbons (Fsp3) is 0.154. The van der Waals surface area contributed by atoms with Crippen LogP contribution in [0.25, 0.3) is 11.1 Å². The predicted molar refractivity (Wildman–Crippen MR) is 63.6 cm³/mol. The van der Waals surface area contributed by atoms with E-state index in [0.717, 1.165) is 22.4 Å². The van der Waals surface area contributed by atoms with Crippen molar-refractivity contribution in [2.75, 3.05) is 5.73 Å². The van der Waals surface area contributed by atoms with Gasteiger partial charge >= 0.3 is 0 Å². The molecule has 2 rings (SSSR count). The van der Waals surface area contributed by atoms with Crippen molar-refractivity contribution in [2.24, 2.45) is 0 Å². The summed E-state index contributed by atoms with van der Waals surface area (Å²) in [6, 6.07) is 8.14. The zero-order chi connectivity index (χ0) is 10.8. The largest absolute Gasteiger partial charge is 0.398 e. The first-order chi connectivity index (χ1) is 7.16. The summed E-state index contributed by atoms with van der Waals surface area (Å²) in [5, 5.41) is 0. The second-order valence-electron chi connectivity index (χ2n) is 3.84. The van der Waals surface area contributed by atoms with Crippen molar-refractivity contribution in [1.82, 2.24) is 4.98 Å². The molecule has 2 nitrogen and oxygen atoms in total. The second-order valence-corrected chi connectivity index (χ2v) is 3.84. The predicted octanol–water partition coefficient (Wildman–Crippen LogP) is 2.95. The molecule has 1 aromatic heterocycles. The molecule has 0 aliphatic carbocycles. The third-order valence-corrected chi connectivity index (χ3v) is 2.39. The van der Waals surface area contributed by atoms with Gasteiger partial charge in [-0.25, -0.2) is 0 Å². The molecule has 0 amide bonds. The van der Waals surface area contributed by atoms with E-state index in [2.05, 4.69) is 24.0 Å². The van der Waals surface area contributed by atoms with E-state index >= 15 is 0 Å². The van der Waals surface area contributed by atoms with Crippen molar-refractivity contribution in [3.05, 3.63) is 47.8 Å². The molecule has 76 valence electrons. The number of aromatic nitrogens is 1. The van der Waals surface area contributed by atoms with E-state index in [0.29, 0.717) is 0 Å². The second kappa shape index (κ2) is 3.73. The van der Waals surface area contributed by atoms with Gasteiger partial charge in [-0.15, -0.1) is 0 Å². The number of nitrogens with two attached hydrogens (primary N) is 1. The van der Waals surface area contributed by atoms with Gasteiger partial charge in [0, 0.05) is 29.2 Å². The van der Waals surface area contributed by atoms with E-state index in [4.69, 9.17) is 5.73 Å². The molecule has 2 N–H and O–H groups in total. The summed E-state index contributed by atoms with van der Waals surface area (Å²) in [5.41, 5.74) is 11.2. The Morgan fingerprint density at radius 2 is 1.80 bits per heavy atom. The highest BCUT2D eigenvalue weighted by Crippen LogP contribution is 2.26. The van der Waals surface area contributed by atoms with Gasteiger partial charge < -0.3 is 5.73 Å². The molecular formula is C13H14N2. The zero-order valence-electron chi connectivity index (χ0n) is 8.99. The van der Waals surface area contributed by atoms with Gasteiger partial charge in [0.25, 0.3) is 0 Å². The van der Waals surface area contributed by atoms with Crippen LogP contribution >= 0.6 is 0 Å². The number of benzene rings is 1. The smallest absolute Gasteiger partial charge is 0.0394 e. The number of hydrogen-bond donors (Lipinski definition) is 1. The summed E-state index contributed by atoms with van der Waals surface area (Å²) in [7, 11) is 0. The highest BCUT2D eigenvalue weighted by Gasteiger charge is 2.03. The summed E-state index contributed by atoms with van der Waals surface area (Å²) >= 11 is 0. The van der Waals surface area contributed by atoms with E-state index in [-0.39, 0.29) is 0 Å². The van der Waals surface area contributed by atoms with Crippen LogP contribution in [0.1, 0.15) is 11.1 Å². The van der Waals surface area contributed by atoms with Crippen molar-refractivity contribution in [2.45, 2.75) is 13.8 Å². The molecule has 1 aromatic carbocycles. The van der Waals surface area contributed by atoms with Crippen LogP contribution in [0.15, 0.2) is 36.7 Å². The van der Waals surface area contributed by atoms with Crippen LogP contribution in [0, 0.1) is 13.8 Å². The number of hydrogen-bond acceptors (Lipinski definition) is 2. The molecular weight excluding hydrogens is 184 g/mol. The van der Waals surface area contributed by atoms with Crippen LogP contribution in [-0.4, -0.2) is 4.98 Å². The Hall–Kier alpha value is -1.83. The molecule has 15 heavy (non-hydrogen) atoms. The number of aryl methyl sites for hydroxylation is 2. The molecule has 2 aromatic rings. The monoisotopic (exact) mass is 198 g/mol. The van der Waals surface area contributed by atoms with Gasteiger partial charge in [-0.05, 0) is 37.6 Å². The first kappa shape index (κ1) is 9.71. The van der Waals surface area contributed by atoms with Gasteiger partial charge in [0.1, 0.15) is 0 Å². The Kier molecular flexibility index (Phi) is 2.42. The van der Waals surface area contributed by atoms with Gasteiger partial charge in [-0.3, -0.25) is 4.98 Å². The average Bonchev–Trinajstić information content (AvgIpc) is 2.22. The molecule has 0 spiro atoms. The van der Waals surface area contributed by atoms with Crippen molar-refractivity contribution in [1.29, 1.82) is 0 Å². The lowest BCUT2D eigenvalue weighted by Gasteiger charge is -2.07. The lowest BCUT2D eigenvalue weighted by Crippen LogP contribution is -1.91. The van der Waals surface area contributed by atoms with E-state index in [1.807, 2.05) is 31.5 Å². The summed E-state index contributed by atoms with van der Waals surface area (Å²) in [6.45, 7) is 4.09. The van der Waals surface area contributed by atoms with Crippen LogP contribution < -0.4 is 5.73 Å². The maximum Gasteiger partial charge on any atom is 0.0394 e. The quantitative estimate of drug-likeness (QED) is 0.715. The maximum atomic E-state index is 5.94. The van der Waals surface area contributed by atoms with Crippen LogP contribution in [0.4, 0.5) is 5.69 Å². The van der Waals surface area contributed by atoms with Crippen LogP contribution in [0.5, 0.6) is 0 Å². The minimum absolute atomic E-state index is 0.799. The highest BCUT2D eigenvalue weighted by atomic mass is 14.6. The number of anilines is 1. The van der Waals surface area contributed by atoms with Crippen molar-refractivity contribution in [3.8, 4) is 11.1 Å². The number of nitrogens with zero attached hydrogens (tertiary/aromatic N) is 1. The number of rotatable bonds is 1. The third kappa shape index (κ3) is 1.99. The topological polar surface area (TPSA) is 38.9 Å². The first-order valence-corrected chi connectivity index (χ1v) is 4.95. The van der Waals surface area contributed by atoms with Crippen LogP contribution in [-0.2, 0) is 0 Å². The molecule has 2 heteroatoms. The van der Waals surface area contributed by atoms with E-state index < -0.39 is 0 Å². The Balaban J connectivity index is 2.58. The molecule has 0 atom stereocenters. The molecule has 0 fully saturated rings. The fourth-order valence-corrected chi connectivity index (χ4v) is 1.62. The molecule has 0 unspecified atom stereocenters. The number of pyridine rings is 1. The Morgan fingerprint density at radius 1 is 1.00 bits per heavy atom. The van der Waals surface area contributed by atoms with Gasteiger partial charge in [0.05, 0.1) is 0 Å². The van der Waals surface area contributed by atoms with Gasteiger partial charge in [0.15, 0.2) is 0 Å². The minimum Gasteiger partial charge on any atom is -0.398 e. The minimum atomic E-state index is 0.799. The lowest BCUT2D eigenvalue weighted by molar-refractivity contribution is 1.27. The molecule has 0 saturated heterocycles. The fourth-order valence-electron chi connectivity index (χ4n) is 1.62. The van der Waals surface area contributed by atoms with Crippen molar-refractivity contribution in [3.63, 3.8) is 0 Å². The van der Waals surface area contributed by atoms with E-state index in [1.165, 1.54) is 5.56 Å². The van der Waals surface area contributed by atoms with Gasteiger partial charge in [0.2, 0.25) is 0 Å². The van der Waals surface area contributed by atoms with Gasteiger partial charge in [-0.1, -0.05) is 11.6 Å². The zero-order valence-corrected chi connectivity index (χ0v) is 8.99. The molecule has 0 radical (unpaired) electrons. The van der Waals surface area contributed by atoms with Gasteiger partial charge in [-0.2, -0.15) is 0 Å². The first-order valence-electron chi connectivity index (χ1n) is 4.95. The van der Waals surface area contributed by atoms with E-state index in [9.17, 15) is 0 Å². The Morgan fingerprint density at radius 3 is 2.53 bits per heavy atom. The summed E-state index contributed by atoms with van der Waals surface area (Å²) in [5.74, 6) is 0. The van der Waals surface area contributed by atoms with Crippen LogP contribution in [0.2, 0.25) is 0 Å². The summed E-state index contributed by atoms with van der Waals surface area (Å²) in [4.78, 5) is 4.18. The lowest BCUT2D eigenvalue weighted by atomic mass is 10.0. The molecule has 0 saturated carbocycles. The Labute approximate surface area is 89.8 Å². The maximum absolute atomic E-state index is 5.94. The molecule has 0 bridgehead atoms. The van der Waals surface area contributed by atoms with Crippen LogP contribution in [0.3, 0.4) is 0 Å².